The molecule has 0 atom stereocenters. The first-order valence-electron chi connectivity index (χ1n) is 14.4. The second-order valence-corrected chi connectivity index (χ2v) is 12.5. The molecule has 0 saturated heterocycles. The fraction of sp³-hybridized carbons (Fsp3) is 0.0588. The zero-order chi connectivity index (χ0) is 32.7. The van der Waals surface area contributed by atoms with Gasteiger partial charge in [0.05, 0.1) is 16.0 Å². The largest absolute Gasteiger partial charge is 0.348 e. The molecule has 0 spiro atoms. The van der Waals surface area contributed by atoms with Crippen LogP contribution < -0.4 is 10.6 Å². The van der Waals surface area contributed by atoms with Gasteiger partial charge in [-0.05, 0) is 71.8 Å². The number of pyridine rings is 2. The van der Waals surface area contributed by atoms with Crippen LogP contribution in [0, 0.1) is 11.6 Å². The third-order valence-corrected chi connectivity index (χ3v) is 9.38. The number of carbonyl (C=O) groups excluding carboxylic acids is 1. The molecule has 7 rings (SSSR count). The Hall–Kier alpha value is -5.95. The minimum absolute atomic E-state index is 0.0251. The van der Waals surface area contributed by atoms with Crippen LogP contribution in [0.1, 0.15) is 15.9 Å². The lowest BCUT2D eigenvalue weighted by Crippen LogP contribution is -2.24. The van der Waals surface area contributed by atoms with Crippen molar-refractivity contribution in [2.24, 2.45) is 7.05 Å². The van der Waals surface area contributed by atoms with E-state index in [1.807, 2.05) is 24.3 Å². The van der Waals surface area contributed by atoms with Gasteiger partial charge in [0, 0.05) is 48.5 Å². The van der Waals surface area contributed by atoms with Gasteiger partial charge < -0.3 is 10.6 Å². The maximum atomic E-state index is 13.7. The molecular formula is C34H25F2N7O3S. The van der Waals surface area contributed by atoms with E-state index in [2.05, 4.69) is 25.7 Å². The summed E-state index contributed by atoms with van der Waals surface area (Å²) in [6.07, 6.45) is 4.65. The molecule has 4 aromatic heterocycles. The van der Waals surface area contributed by atoms with Crippen molar-refractivity contribution in [1.29, 1.82) is 0 Å². The number of halogens is 2. The summed E-state index contributed by atoms with van der Waals surface area (Å²) in [4.78, 5) is 22.1. The van der Waals surface area contributed by atoms with Crippen molar-refractivity contribution in [2.75, 3.05) is 5.32 Å². The Morgan fingerprint density at radius 3 is 2.43 bits per heavy atom. The molecular weight excluding hydrogens is 624 g/mol. The Balaban J connectivity index is 1.24. The molecule has 7 aromatic rings. The number of nitrogens with one attached hydrogen (secondary N) is 2. The van der Waals surface area contributed by atoms with E-state index < -0.39 is 27.6 Å². The van der Waals surface area contributed by atoms with Crippen molar-refractivity contribution in [2.45, 2.75) is 11.4 Å². The standard InChI is InChI=1S/C34H25F2N7O3S/c1-42-30-14-12-22(27-20-43(33-24(27)9-5-16-38-33)47(45,46)23-7-3-2-4-8-23)18-26(30)32(41-42)40-31-25(10-6-15-37-31)34(44)39-19-21-11-13-28(35)29(36)17-21/h2-18,20H,19H2,1H3,(H,39,44)(H,37,40,41). The lowest BCUT2D eigenvalue weighted by Gasteiger charge is -2.10. The van der Waals surface area contributed by atoms with Crippen LogP contribution in [0.4, 0.5) is 20.4 Å². The molecule has 47 heavy (non-hydrogen) atoms. The third kappa shape index (κ3) is 5.46. The van der Waals surface area contributed by atoms with E-state index in [9.17, 15) is 22.0 Å². The summed E-state index contributed by atoms with van der Waals surface area (Å²) in [5.74, 6) is -1.80. The SMILES string of the molecule is Cn1nc(Nc2ncccc2C(=O)NCc2ccc(F)c(F)c2)c2cc(-c3cn(S(=O)(=O)c4ccccc4)c4ncccc34)ccc21. The third-order valence-electron chi connectivity index (χ3n) is 7.72. The van der Waals surface area contributed by atoms with Gasteiger partial charge in [0.15, 0.2) is 23.1 Å². The van der Waals surface area contributed by atoms with Gasteiger partial charge in [-0.3, -0.25) is 9.48 Å². The Labute approximate surface area is 267 Å². The quantitative estimate of drug-likeness (QED) is 0.202. The van der Waals surface area contributed by atoms with Crippen molar-refractivity contribution in [3.05, 3.63) is 132 Å². The summed E-state index contributed by atoms with van der Waals surface area (Å²) in [5.41, 5.74) is 3.05. The minimum Gasteiger partial charge on any atom is -0.348 e. The number of amides is 1. The van der Waals surface area contributed by atoms with Gasteiger partial charge in [-0.2, -0.15) is 5.10 Å². The number of aryl methyl sites for hydroxylation is 1. The van der Waals surface area contributed by atoms with Gasteiger partial charge in [-0.15, -0.1) is 0 Å². The van der Waals surface area contributed by atoms with Crippen molar-refractivity contribution in [3.63, 3.8) is 0 Å². The number of fused-ring (bicyclic) bond motifs is 2. The number of carbonyl (C=O) groups is 1. The number of rotatable bonds is 8. The summed E-state index contributed by atoms with van der Waals surface area (Å²) < 4.78 is 57.1. The summed E-state index contributed by atoms with van der Waals surface area (Å²) in [6.45, 7) is -0.0251. The van der Waals surface area contributed by atoms with Crippen molar-refractivity contribution >= 4 is 49.5 Å². The van der Waals surface area contributed by atoms with Crippen LogP contribution in [0.3, 0.4) is 0 Å². The van der Waals surface area contributed by atoms with Gasteiger partial charge in [0.2, 0.25) is 0 Å². The van der Waals surface area contributed by atoms with E-state index in [0.29, 0.717) is 33.4 Å². The van der Waals surface area contributed by atoms with E-state index in [-0.39, 0.29) is 22.8 Å². The summed E-state index contributed by atoms with van der Waals surface area (Å²) in [5, 5.41) is 11.8. The van der Waals surface area contributed by atoms with Crippen molar-refractivity contribution in [3.8, 4) is 11.1 Å². The smallest absolute Gasteiger partial charge is 0.269 e. The molecule has 3 aromatic carbocycles. The van der Waals surface area contributed by atoms with Crippen LogP contribution in [0.25, 0.3) is 33.1 Å². The average Bonchev–Trinajstić information content (AvgIpc) is 3.63. The lowest BCUT2D eigenvalue weighted by atomic mass is 10.0. The fourth-order valence-corrected chi connectivity index (χ4v) is 6.75. The second-order valence-electron chi connectivity index (χ2n) is 10.7. The number of nitrogens with zero attached hydrogens (tertiary/aromatic N) is 5. The second kappa shape index (κ2) is 11.8. The molecule has 0 unspecified atom stereocenters. The summed E-state index contributed by atoms with van der Waals surface area (Å²) >= 11 is 0. The summed E-state index contributed by atoms with van der Waals surface area (Å²) in [7, 11) is -2.15. The Morgan fingerprint density at radius 2 is 1.62 bits per heavy atom. The Kier molecular flexibility index (Phi) is 7.45. The molecule has 0 aliphatic carbocycles. The fourth-order valence-electron chi connectivity index (χ4n) is 5.40. The monoisotopic (exact) mass is 649 g/mol. The molecule has 1 amide bonds. The zero-order valence-corrected chi connectivity index (χ0v) is 25.5. The van der Waals surface area contributed by atoms with Gasteiger partial charge in [-0.1, -0.05) is 30.3 Å². The molecule has 0 aliphatic rings. The maximum Gasteiger partial charge on any atom is 0.269 e. The number of anilines is 2. The van der Waals surface area contributed by atoms with Gasteiger partial charge in [0.1, 0.15) is 5.82 Å². The van der Waals surface area contributed by atoms with Crippen LogP contribution in [-0.4, -0.2) is 38.0 Å². The molecule has 234 valence electrons. The van der Waals surface area contributed by atoms with Crippen LogP contribution in [-0.2, 0) is 23.6 Å². The number of hydrogen-bond donors (Lipinski definition) is 2. The maximum absolute atomic E-state index is 13.7. The molecule has 0 saturated carbocycles. The molecule has 0 bridgehead atoms. The highest BCUT2D eigenvalue weighted by atomic mass is 32.2. The number of aromatic nitrogens is 5. The molecule has 13 heteroatoms. The first-order chi connectivity index (χ1) is 22.7. The predicted octanol–water partition coefficient (Wildman–Crippen LogP) is 6.17. The van der Waals surface area contributed by atoms with Gasteiger partial charge >= 0.3 is 0 Å². The zero-order valence-electron chi connectivity index (χ0n) is 24.7. The van der Waals surface area contributed by atoms with E-state index in [1.165, 1.54) is 28.4 Å². The first kappa shape index (κ1) is 29.7. The normalized spacial score (nSPS) is 11.6. The molecule has 4 heterocycles. The van der Waals surface area contributed by atoms with Crippen molar-refractivity contribution in [1.82, 2.24) is 29.0 Å². The molecule has 0 radical (unpaired) electrons. The highest BCUT2D eigenvalue weighted by Crippen LogP contribution is 2.36. The molecule has 2 N–H and O–H groups in total. The minimum atomic E-state index is -3.94. The first-order valence-corrected chi connectivity index (χ1v) is 15.8. The van der Waals surface area contributed by atoms with Crippen LogP contribution in [0.2, 0.25) is 0 Å². The average molecular weight is 650 g/mol. The van der Waals surface area contributed by atoms with E-state index in [4.69, 9.17) is 0 Å². The topological polar surface area (TPSA) is 124 Å². The van der Waals surface area contributed by atoms with E-state index in [0.717, 1.165) is 23.2 Å². The Morgan fingerprint density at radius 1 is 0.830 bits per heavy atom. The molecule has 0 aliphatic heterocycles. The lowest BCUT2D eigenvalue weighted by molar-refractivity contribution is 0.0951. The molecule has 0 fully saturated rings. The number of hydrogen-bond acceptors (Lipinski definition) is 7. The molecule has 10 nitrogen and oxygen atoms in total. The van der Waals surface area contributed by atoms with Crippen LogP contribution >= 0.6 is 0 Å². The highest BCUT2D eigenvalue weighted by Gasteiger charge is 2.23. The highest BCUT2D eigenvalue weighted by molar-refractivity contribution is 7.90. The van der Waals surface area contributed by atoms with E-state index in [1.54, 1.807) is 60.5 Å². The predicted molar refractivity (Wildman–Crippen MR) is 174 cm³/mol. The van der Waals surface area contributed by atoms with Crippen LogP contribution in [0.15, 0.2) is 114 Å². The Bertz CT molecular complexity index is 2430. The summed E-state index contributed by atoms with van der Waals surface area (Å²) in [6, 6.07) is 24.0. The van der Waals surface area contributed by atoms with Crippen LogP contribution in [0.5, 0.6) is 0 Å². The van der Waals surface area contributed by atoms with Crippen molar-refractivity contribution < 1.29 is 22.0 Å². The number of benzene rings is 3. The van der Waals surface area contributed by atoms with Gasteiger partial charge in [0.25, 0.3) is 15.9 Å². The van der Waals surface area contributed by atoms with E-state index >= 15 is 0 Å². The van der Waals surface area contributed by atoms with Gasteiger partial charge in [-0.25, -0.2) is 31.1 Å².